The van der Waals surface area contributed by atoms with E-state index in [1.54, 1.807) is 12.3 Å². The van der Waals surface area contributed by atoms with E-state index >= 15 is 0 Å². The van der Waals surface area contributed by atoms with Gasteiger partial charge in [-0.25, -0.2) is 22.2 Å². The SMILES string of the molecule is CCN(CC)c1ccc(NC(=O)c2ccc(NS(=O)(=O)c3ccc(F)c(F)c3)cc2)cn1. The predicted octanol–water partition coefficient (Wildman–Crippen LogP) is 4.26. The molecule has 0 saturated carbocycles. The third-order valence-electron chi connectivity index (χ3n) is 4.69. The maximum Gasteiger partial charge on any atom is 0.261 e. The number of halogens is 2. The Kier molecular flexibility index (Phi) is 7.04. The van der Waals surface area contributed by atoms with Gasteiger partial charge < -0.3 is 10.2 Å². The summed E-state index contributed by atoms with van der Waals surface area (Å²) in [6.07, 6.45) is 1.57. The van der Waals surface area contributed by atoms with Crippen LogP contribution in [-0.4, -0.2) is 32.4 Å². The lowest BCUT2D eigenvalue weighted by molar-refractivity contribution is 0.102. The highest BCUT2D eigenvalue weighted by Crippen LogP contribution is 2.20. The number of sulfonamides is 1. The molecule has 0 unspecified atom stereocenters. The highest BCUT2D eigenvalue weighted by atomic mass is 32.2. The van der Waals surface area contributed by atoms with Crippen LogP contribution in [0.4, 0.5) is 26.0 Å². The van der Waals surface area contributed by atoms with Gasteiger partial charge in [-0.05, 0) is 68.4 Å². The van der Waals surface area contributed by atoms with Gasteiger partial charge in [0, 0.05) is 24.3 Å². The minimum atomic E-state index is -4.12. The van der Waals surface area contributed by atoms with Crippen molar-refractivity contribution in [3.63, 3.8) is 0 Å². The topological polar surface area (TPSA) is 91.4 Å². The standard InChI is InChI=1S/C22H22F2N4O3S/c1-3-28(4-2)21-12-9-17(14-25-21)26-22(29)15-5-7-16(8-6-15)27-32(30,31)18-10-11-19(23)20(24)13-18/h5-14,27H,3-4H2,1-2H3,(H,26,29). The molecule has 0 radical (unpaired) electrons. The van der Waals surface area contributed by atoms with Gasteiger partial charge in [0.2, 0.25) is 0 Å². The minimum Gasteiger partial charge on any atom is -0.357 e. The fraction of sp³-hybridized carbons (Fsp3) is 0.182. The molecular formula is C22H22F2N4O3S. The number of amides is 1. The second-order valence-electron chi connectivity index (χ2n) is 6.79. The molecule has 1 amide bonds. The summed E-state index contributed by atoms with van der Waals surface area (Å²) < 4.78 is 53.4. The predicted molar refractivity (Wildman–Crippen MR) is 119 cm³/mol. The lowest BCUT2D eigenvalue weighted by atomic mass is 10.2. The van der Waals surface area contributed by atoms with E-state index in [0.29, 0.717) is 17.3 Å². The van der Waals surface area contributed by atoms with Crippen molar-refractivity contribution in [2.75, 3.05) is 28.0 Å². The lowest BCUT2D eigenvalue weighted by Gasteiger charge is -2.19. The van der Waals surface area contributed by atoms with Gasteiger partial charge in [0.25, 0.3) is 15.9 Å². The number of benzene rings is 2. The smallest absolute Gasteiger partial charge is 0.261 e. The van der Waals surface area contributed by atoms with Gasteiger partial charge in [-0.15, -0.1) is 0 Å². The normalized spacial score (nSPS) is 11.1. The molecule has 0 fully saturated rings. The van der Waals surface area contributed by atoms with Crippen LogP contribution in [0.1, 0.15) is 24.2 Å². The molecule has 0 aliphatic rings. The molecule has 3 aromatic rings. The Bertz CT molecular complexity index is 1200. The fourth-order valence-electron chi connectivity index (χ4n) is 2.95. The first-order chi connectivity index (χ1) is 15.2. The Morgan fingerprint density at radius 3 is 2.16 bits per heavy atom. The number of pyridine rings is 1. The van der Waals surface area contributed by atoms with Crippen LogP contribution in [0.15, 0.2) is 65.7 Å². The molecule has 0 aliphatic heterocycles. The second-order valence-corrected chi connectivity index (χ2v) is 8.47. The highest BCUT2D eigenvalue weighted by molar-refractivity contribution is 7.92. The van der Waals surface area contributed by atoms with Crippen molar-refractivity contribution in [1.82, 2.24) is 4.98 Å². The van der Waals surface area contributed by atoms with Crippen molar-refractivity contribution < 1.29 is 22.0 Å². The number of hydrogen-bond acceptors (Lipinski definition) is 5. The Labute approximate surface area is 185 Å². The molecule has 1 aromatic heterocycles. The van der Waals surface area contributed by atoms with Crippen LogP contribution in [0.5, 0.6) is 0 Å². The monoisotopic (exact) mass is 460 g/mol. The first kappa shape index (κ1) is 23.1. The Morgan fingerprint density at radius 1 is 0.938 bits per heavy atom. The number of nitrogens with one attached hydrogen (secondary N) is 2. The Morgan fingerprint density at radius 2 is 1.59 bits per heavy atom. The summed E-state index contributed by atoms with van der Waals surface area (Å²) in [4.78, 5) is 18.5. The maximum atomic E-state index is 13.3. The Balaban J connectivity index is 1.67. The number of carbonyl (C=O) groups excluding carboxylic acids is 1. The maximum absolute atomic E-state index is 13.3. The van der Waals surface area contributed by atoms with Crippen molar-refractivity contribution in [2.45, 2.75) is 18.7 Å². The molecule has 32 heavy (non-hydrogen) atoms. The van der Waals surface area contributed by atoms with Crippen LogP contribution in [-0.2, 0) is 10.0 Å². The molecule has 3 rings (SSSR count). The molecule has 0 saturated heterocycles. The highest BCUT2D eigenvalue weighted by Gasteiger charge is 2.17. The van der Waals surface area contributed by atoms with Crippen molar-refractivity contribution in [2.24, 2.45) is 0 Å². The van der Waals surface area contributed by atoms with Gasteiger partial charge in [0.15, 0.2) is 11.6 Å². The van der Waals surface area contributed by atoms with Gasteiger partial charge >= 0.3 is 0 Å². The average Bonchev–Trinajstić information content (AvgIpc) is 2.77. The van der Waals surface area contributed by atoms with E-state index in [9.17, 15) is 22.0 Å². The van der Waals surface area contributed by atoms with Gasteiger partial charge in [-0.2, -0.15) is 0 Å². The minimum absolute atomic E-state index is 0.163. The first-order valence-electron chi connectivity index (χ1n) is 9.83. The van der Waals surface area contributed by atoms with Crippen molar-refractivity contribution in [1.29, 1.82) is 0 Å². The molecule has 0 spiro atoms. The van der Waals surface area contributed by atoms with E-state index in [2.05, 4.69) is 19.9 Å². The van der Waals surface area contributed by atoms with E-state index in [0.717, 1.165) is 31.0 Å². The third-order valence-corrected chi connectivity index (χ3v) is 6.07. The summed E-state index contributed by atoms with van der Waals surface area (Å²) in [6, 6.07) is 11.5. The van der Waals surface area contributed by atoms with Crippen LogP contribution < -0.4 is 14.9 Å². The van der Waals surface area contributed by atoms with Crippen molar-refractivity contribution in [3.8, 4) is 0 Å². The lowest BCUT2D eigenvalue weighted by Crippen LogP contribution is -2.22. The zero-order valence-electron chi connectivity index (χ0n) is 17.5. The van der Waals surface area contributed by atoms with Gasteiger partial charge in [0.05, 0.1) is 16.8 Å². The van der Waals surface area contributed by atoms with E-state index in [-0.39, 0.29) is 5.69 Å². The van der Waals surface area contributed by atoms with Crippen molar-refractivity contribution >= 4 is 33.1 Å². The van der Waals surface area contributed by atoms with E-state index < -0.39 is 32.5 Å². The molecular weight excluding hydrogens is 438 g/mol. The number of nitrogens with zero attached hydrogens (tertiary/aromatic N) is 2. The van der Waals surface area contributed by atoms with Crippen molar-refractivity contribution in [3.05, 3.63) is 78.0 Å². The van der Waals surface area contributed by atoms with Crippen LogP contribution in [0, 0.1) is 11.6 Å². The van der Waals surface area contributed by atoms with E-state index in [4.69, 9.17) is 0 Å². The van der Waals surface area contributed by atoms with Crippen LogP contribution >= 0.6 is 0 Å². The van der Waals surface area contributed by atoms with E-state index in [1.807, 2.05) is 19.9 Å². The number of hydrogen-bond donors (Lipinski definition) is 2. The Hall–Kier alpha value is -3.53. The summed E-state index contributed by atoms with van der Waals surface area (Å²) in [5, 5.41) is 2.73. The molecule has 7 nitrogen and oxygen atoms in total. The van der Waals surface area contributed by atoms with Gasteiger partial charge in [-0.1, -0.05) is 0 Å². The van der Waals surface area contributed by atoms with E-state index in [1.165, 1.54) is 24.3 Å². The number of anilines is 3. The zero-order chi connectivity index (χ0) is 23.3. The molecule has 1 heterocycles. The summed E-state index contributed by atoms with van der Waals surface area (Å²) in [5.74, 6) is -1.99. The summed E-state index contributed by atoms with van der Waals surface area (Å²) in [7, 11) is -4.12. The molecule has 0 atom stereocenters. The molecule has 0 bridgehead atoms. The van der Waals surface area contributed by atoms with Crippen LogP contribution in [0.25, 0.3) is 0 Å². The van der Waals surface area contributed by atoms with Gasteiger partial charge in [-0.3, -0.25) is 9.52 Å². The summed E-state index contributed by atoms with van der Waals surface area (Å²) in [5.41, 5.74) is 0.985. The molecule has 2 aromatic carbocycles. The van der Waals surface area contributed by atoms with Gasteiger partial charge in [0.1, 0.15) is 5.82 Å². The zero-order valence-corrected chi connectivity index (χ0v) is 18.3. The first-order valence-corrected chi connectivity index (χ1v) is 11.3. The summed E-state index contributed by atoms with van der Waals surface area (Å²) >= 11 is 0. The van der Waals surface area contributed by atoms with Crippen LogP contribution in [0.2, 0.25) is 0 Å². The second kappa shape index (κ2) is 9.73. The van der Waals surface area contributed by atoms with Crippen LogP contribution in [0.3, 0.4) is 0 Å². The molecule has 0 aliphatic carbocycles. The fourth-order valence-corrected chi connectivity index (χ4v) is 4.02. The largest absolute Gasteiger partial charge is 0.357 e. The quantitative estimate of drug-likeness (QED) is 0.524. The average molecular weight is 461 g/mol. The number of carbonyl (C=O) groups is 1. The number of aromatic nitrogens is 1. The summed E-state index contributed by atoms with van der Waals surface area (Å²) in [6.45, 7) is 5.70. The third kappa shape index (κ3) is 5.38. The number of rotatable bonds is 8. The molecule has 2 N–H and O–H groups in total. The molecule has 168 valence electrons. The molecule has 10 heteroatoms.